The molecule has 0 aliphatic rings. The predicted molar refractivity (Wildman–Crippen MR) is 98.5 cm³/mol. The van der Waals surface area contributed by atoms with Crippen molar-refractivity contribution in [2.75, 3.05) is 11.1 Å². The van der Waals surface area contributed by atoms with Crippen LogP contribution >= 0.6 is 47.2 Å². The molecule has 0 aliphatic heterocycles. The van der Waals surface area contributed by atoms with Gasteiger partial charge in [-0.2, -0.15) is 0 Å². The molecule has 0 spiro atoms. The largest absolute Gasteiger partial charge is 0.389 e. The maximum Gasteiger partial charge on any atom is 0.107 e. The van der Waals surface area contributed by atoms with Crippen molar-refractivity contribution >= 4 is 63.5 Å². The highest BCUT2D eigenvalue weighted by molar-refractivity contribution is 7.99. The third-order valence-corrected chi connectivity index (χ3v) is 4.57. The van der Waals surface area contributed by atoms with Crippen LogP contribution in [-0.4, -0.2) is 10.7 Å². The van der Waals surface area contributed by atoms with Crippen molar-refractivity contribution in [3.05, 3.63) is 52.0 Å². The Bertz CT molecular complexity index is 654. The van der Waals surface area contributed by atoms with Gasteiger partial charge in [0.15, 0.2) is 0 Å². The number of thioether (sulfide) groups is 1. The number of nitrogens with two attached hydrogens (primary N) is 1. The quantitative estimate of drug-likeness (QED) is 0.549. The standard InChI is InChI=1S/C15H14Cl2N2S2/c1-2-21-12-8-4-7-11(13(12)15(18)20)19-14-9(16)5-3-6-10(14)17/h3-8,19H,2H2,1H3,(H2,18,20). The molecular formula is C15H14Cl2N2S2. The molecule has 2 aromatic carbocycles. The zero-order valence-corrected chi connectivity index (χ0v) is 14.5. The van der Waals surface area contributed by atoms with E-state index in [9.17, 15) is 0 Å². The first-order chi connectivity index (χ1) is 10.0. The number of hydrogen-bond acceptors (Lipinski definition) is 3. The molecule has 110 valence electrons. The van der Waals surface area contributed by atoms with E-state index in [0.717, 1.165) is 21.9 Å². The summed E-state index contributed by atoms with van der Waals surface area (Å²) in [5.41, 5.74) is 8.15. The van der Waals surface area contributed by atoms with Gasteiger partial charge in [0.1, 0.15) is 4.99 Å². The number of nitrogens with one attached hydrogen (secondary N) is 1. The van der Waals surface area contributed by atoms with Gasteiger partial charge in [-0.15, -0.1) is 11.8 Å². The number of rotatable bonds is 5. The molecule has 0 aromatic heterocycles. The number of thiocarbonyl (C=S) groups is 1. The van der Waals surface area contributed by atoms with Crippen LogP contribution < -0.4 is 11.1 Å². The van der Waals surface area contributed by atoms with E-state index in [-0.39, 0.29) is 0 Å². The summed E-state index contributed by atoms with van der Waals surface area (Å²) in [6.07, 6.45) is 0. The van der Waals surface area contributed by atoms with Gasteiger partial charge in [-0.05, 0) is 30.0 Å². The minimum atomic E-state index is 0.345. The Morgan fingerprint density at radius 3 is 2.38 bits per heavy atom. The molecule has 2 aromatic rings. The summed E-state index contributed by atoms with van der Waals surface area (Å²) in [6.45, 7) is 2.08. The third-order valence-electron chi connectivity index (χ3n) is 2.79. The highest BCUT2D eigenvalue weighted by atomic mass is 35.5. The van der Waals surface area contributed by atoms with E-state index in [0.29, 0.717) is 20.7 Å². The molecule has 0 unspecified atom stereocenters. The second-order valence-electron chi connectivity index (χ2n) is 4.20. The van der Waals surface area contributed by atoms with E-state index in [1.165, 1.54) is 0 Å². The average Bonchev–Trinajstić information content (AvgIpc) is 2.43. The molecule has 0 bridgehead atoms. The van der Waals surface area contributed by atoms with Gasteiger partial charge in [0, 0.05) is 16.1 Å². The molecule has 2 rings (SSSR count). The fourth-order valence-corrected chi connectivity index (χ4v) is 3.54. The average molecular weight is 357 g/mol. The maximum atomic E-state index is 6.20. The Labute approximate surface area is 144 Å². The number of halogens is 2. The lowest BCUT2D eigenvalue weighted by atomic mass is 10.1. The van der Waals surface area contributed by atoms with Crippen LogP contribution in [0.3, 0.4) is 0 Å². The topological polar surface area (TPSA) is 38.0 Å². The van der Waals surface area contributed by atoms with E-state index in [1.807, 2.05) is 18.2 Å². The fraction of sp³-hybridized carbons (Fsp3) is 0.133. The van der Waals surface area contributed by atoms with Gasteiger partial charge in [-0.1, -0.05) is 54.5 Å². The molecular weight excluding hydrogens is 343 g/mol. The van der Waals surface area contributed by atoms with Crippen LogP contribution in [-0.2, 0) is 0 Å². The van der Waals surface area contributed by atoms with Gasteiger partial charge in [-0.3, -0.25) is 0 Å². The lowest BCUT2D eigenvalue weighted by molar-refractivity contribution is 1.38. The Morgan fingerprint density at radius 2 is 1.81 bits per heavy atom. The van der Waals surface area contributed by atoms with Gasteiger partial charge >= 0.3 is 0 Å². The van der Waals surface area contributed by atoms with Crippen LogP contribution in [0.5, 0.6) is 0 Å². The molecule has 0 atom stereocenters. The molecule has 0 saturated carbocycles. The molecule has 6 heteroatoms. The summed E-state index contributed by atoms with van der Waals surface area (Å²) in [7, 11) is 0. The number of benzene rings is 2. The smallest absolute Gasteiger partial charge is 0.107 e. The highest BCUT2D eigenvalue weighted by Gasteiger charge is 2.13. The molecule has 0 heterocycles. The molecule has 0 radical (unpaired) electrons. The van der Waals surface area contributed by atoms with Crippen molar-refractivity contribution in [3.63, 3.8) is 0 Å². The van der Waals surface area contributed by atoms with Crippen molar-refractivity contribution < 1.29 is 0 Å². The van der Waals surface area contributed by atoms with E-state index in [4.69, 9.17) is 41.2 Å². The van der Waals surface area contributed by atoms with Crippen LogP contribution in [0.2, 0.25) is 10.0 Å². The summed E-state index contributed by atoms with van der Waals surface area (Å²) in [6, 6.07) is 11.2. The minimum absolute atomic E-state index is 0.345. The zero-order valence-electron chi connectivity index (χ0n) is 11.3. The van der Waals surface area contributed by atoms with Crippen LogP contribution in [0.15, 0.2) is 41.3 Å². The fourth-order valence-electron chi connectivity index (χ4n) is 1.92. The normalized spacial score (nSPS) is 10.4. The minimum Gasteiger partial charge on any atom is -0.389 e. The Morgan fingerprint density at radius 1 is 1.19 bits per heavy atom. The van der Waals surface area contributed by atoms with Gasteiger partial charge in [0.25, 0.3) is 0 Å². The molecule has 0 saturated heterocycles. The zero-order chi connectivity index (χ0) is 15.4. The lowest BCUT2D eigenvalue weighted by Gasteiger charge is -2.16. The summed E-state index contributed by atoms with van der Waals surface area (Å²) in [5, 5.41) is 4.34. The van der Waals surface area contributed by atoms with Crippen molar-refractivity contribution in [2.45, 2.75) is 11.8 Å². The summed E-state index contributed by atoms with van der Waals surface area (Å²) < 4.78 is 0. The van der Waals surface area contributed by atoms with E-state index < -0.39 is 0 Å². The molecule has 0 fully saturated rings. The Kier molecular flexibility index (Phi) is 5.76. The van der Waals surface area contributed by atoms with Crippen molar-refractivity contribution in [3.8, 4) is 0 Å². The molecule has 0 amide bonds. The third kappa shape index (κ3) is 3.83. The first-order valence-corrected chi connectivity index (χ1v) is 8.46. The van der Waals surface area contributed by atoms with Crippen molar-refractivity contribution in [1.82, 2.24) is 0 Å². The lowest BCUT2D eigenvalue weighted by Crippen LogP contribution is -2.13. The molecule has 2 nitrogen and oxygen atoms in total. The van der Waals surface area contributed by atoms with Crippen molar-refractivity contribution in [2.24, 2.45) is 5.73 Å². The summed E-state index contributed by atoms with van der Waals surface area (Å²) >= 11 is 19.3. The number of para-hydroxylation sites is 1. The van der Waals surface area contributed by atoms with Crippen LogP contribution in [0.25, 0.3) is 0 Å². The maximum absolute atomic E-state index is 6.20. The second-order valence-corrected chi connectivity index (χ2v) is 6.76. The van der Waals surface area contributed by atoms with Crippen LogP contribution in [0, 0.1) is 0 Å². The van der Waals surface area contributed by atoms with Crippen LogP contribution in [0.1, 0.15) is 12.5 Å². The van der Waals surface area contributed by atoms with Crippen molar-refractivity contribution in [1.29, 1.82) is 0 Å². The van der Waals surface area contributed by atoms with Gasteiger partial charge in [0.05, 0.1) is 15.7 Å². The SMILES string of the molecule is CCSc1cccc(Nc2c(Cl)cccc2Cl)c1C(N)=S. The van der Waals surface area contributed by atoms with E-state index in [2.05, 4.69) is 12.2 Å². The Balaban J connectivity index is 2.49. The summed E-state index contributed by atoms with van der Waals surface area (Å²) in [5.74, 6) is 0.936. The number of hydrogen-bond donors (Lipinski definition) is 2. The second kappa shape index (κ2) is 7.36. The van der Waals surface area contributed by atoms with E-state index >= 15 is 0 Å². The summed E-state index contributed by atoms with van der Waals surface area (Å²) in [4.78, 5) is 1.38. The van der Waals surface area contributed by atoms with Crippen LogP contribution in [0.4, 0.5) is 11.4 Å². The molecule has 3 N–H and O–H groups in total. The van der Waals surface area contributed by atoms with Gasteiger partial charge < -0.3 is 11.1 Å². The number of anilines is 2. The van der Waals surface area contributed by atoms with E-state index in [1.54, 1.807) is 30.0 Å². The first kappa shape index (κ1) is 16.4. The van der Waals surface area contributed by atoms with Gasteiger partial charge in [0.2, 0.25) is 0 Å². The first-order valence-electron chi connectivity index (χ1n) is 6.31. The molecule has 0 aliphatic carbocycles. The monoisotopic (exact) mass is 356 g/mol. The Hall–Kier alpha value is -0.940. The van der Waals surface area contributed by atoms with Gasteiger partial charge in [-0.25, -0.2) is 0 Å². The highest BCUT2D eigenvalue weighted by Crippen LogP contribution is 2.36. The molecule has 21 heavy (non-hydrogen) atoms. The predicted octanol–water partition coefficient (Wildman–Crippen LogP) is 5.48.